The Labute approximate surface area is 195 Å². The van der Waals surface area contributed by atoms with Gasteiger partial charge in [0.15, 0.2) is 5.96 Å². The van der Waals surface area contributed by atoms with Crippen molar-refractivity contribution in [2.24, 2.45) is 22.6 Å². The van der Waals surface area contributed by atoms with Gasteiger partial charge in [-0.2, -0.15) is 0 Å². The third-order valence-corrected chi connectivity index (χ3v) is 7.79. The molecular formula is C25H36N4O4. The third-order valence-electron chi connectivity index (χ3n) is 7.79. The van der Waals surface area contributed by atoms with Crippen LogP contribution in [-0.4, -0.2) is 59.2 Å². The minimum absolute atomic E-state index is 0.0117. The van der Waals surface area contributed by atoms with Crippen LogP contribution < -0.4 is 11.1 Å². The minimum Gasteiger partial charge on any atom is -0.390 e. The summed E-state index contributed by atoms with van der Waals surface area (Å²) in [5, 5.41) is 13.6. The fourth-order valence-corrected chi connectivity index (χ4v) is 5.57. The van der Waals surface area contributed by atoms with Crippen molar-refractivity contribution in [1.82, 2.24) is 10.2 Å². The number of aliphatic hydroxyl groups is 1. The molecule has 0 saturated heterocycles. The number of aliphatic imine (C=N–C) groups is 1. The number of carbonyl (C=O) groups excluding carboxylic acids is 2. The molecule has 1 heterocycles. The lowest BCUT2D eigenvalue weighted by molar-refractivity contribution is -0.133. The molecule has 180 valence electrons. The molecule has 8 heteroatoms. The summed E-state index contributed by atoms with van der Waals surface area (Å²) in [6.45, 7) is 4.53. The van der Waals surface area contributed by atoms with Crippen LogP contribution in [0.5, 0.6) is 0 Å². The number of hydrogen-bond donors (Lipinski definition) is 3. The van der Waals surface area contributed by atoms with Gasteiger partial charge in [0.05, 0.1) is 24.1 Å². The highest BCUT2D eigenvalue weighted by Gasteiger charge is 2.53. The zero-order valence-electron chi connectivity index (χ0n) is 19.8. The molecule has 4 rings (SSSR count). The number of rotatable bonds is 9. The fraction of sp³-hybridized carbons (Fsp3) is 0.640. The number of amides is 2. The van der Waals surface area contributed by atoms with Gasteiger partial charge >= 0.3 is 0 Å². The number of ether oxygens (including phenoxy) is 1. The van der Waals surface area contributed by atoms with Crippen molar-refractivity contribution < 1.29 is 19.4 Å². The van der Waals surface area contributed by atoms with E-state index < -0.39 is 17.7 Å². The summed E-state index contributed by atoms with van der Waals surface area (Å²) in [4.78, 5) is 32.7. The number of carbonyl (C=O) groups is 2. The van der Waals surface area contributed by atoms with Gasteiger partial charge < -0.3 is 20.9 Å². The van der Waals surface area contributed by atoms with Gasteiger partial charge in [0.1, 0.15) is 0 Å². The molecular weight excluding hydrogens is 420 g/mol. The van der Waals surface area contributed by atoms with E-state index in [-0.39, 0.29) is 35.7 Å². The first kappa shape index (κ1) is 23.7. The van der Waals surface area contributed by atoms with E-state index in [0.717, 1.165) is 24.0 Å². The number of methoxy groups -OCH3 is 1. The fourth-order valence-electron chi connectivity index (χ4n) is 5.57. The SMILES string of the molecule is CCC1(CC)CC(=O)N([C@H](CCOC)[C@H]2C[C@@H]2C(=O)N[C@@H]2c3ccccc3C[C@@H]2O)C(N)=N1. The highest BCUT2D eigenvalue weighted by molar-refractivity contribution is 5.99. The molecule has 1 aromatic rings. The molecule has 5 atom stereocenters. The third kappa shape index (κ3) is 4.51. The van der Waals surface area contributed by atoms with Crippen molar-refractivity contribution in [3.05, 3.63) is 35.4 Å². The maximum Gasteiger partial charge on any atom is 0.231 e. The lowest BCUT2D eigenvalue weighted by atomic mass is 9.87. The maximum atomic E-state index is 13.2. The summed E-state index contributed by atoms with van der Waals surface area (Å²) in [5.41, 5.74) is 7.95. The number of hydrogen-bond acceptors (Lipinski definition) is 6. The predicted molar refractivity (Wildman–Crippen MR) is 125 cm³/mol. The van der Waals surface area contributed by atoms with Crippen molar-refractivity contribution in [1.29, 1.82) is 0 Å². The van der Waals surface area contributed by atoms with Gasteiger partial charge in [0, 0.05) is 32.1 Å². The molecule has 33 heavy (non-hydrogen) atoms. The molecule has 1 saturated carbocycles. The van der Waals surface area contributed by atoms with Crippen molar-refractivity contribution >= 4 is 17.8 Å². The number of nitrogens with one attached hydrogen (secondary N) is 1. The Balaban J connectivity index is 1.49. The van der Waals surface area contributed by atoms with Gasteiger partial charge in [-0.3, -0.25) is 14.5 Å². The van der Waals surface area contributed by atoms with Crippen LogP contribution in [0.2, 0.25) is 0 Å². The van der Waals surface area contributed by atoms with Gasteiger partial charge in [-0.05, 0) is 42.7 Å². The van der Waals surface area contributed by atoms with E-state index >= 15 is 0 Å². The highest BCUT2D eigenvalue weighted by Crippen LogP contribution is 2.46. The summed E-state index contributed by atoms with van der Waals surface area (Å²) in [5.74, 6) is -0.0980. The molecule has 2 amide bonds. The first-order valence-electron chi connectivity index (χ1n) is 12.1. The molecule has 0 radical (unpaired) electrons. The number of benzene rings is 1. The lowest BCUT2D eigenvalue weighted by Crippen LogP contribution is -2.56. The second-order valence-electron chi connectivity index (χ2n) is 9.65. The molecule has 1 aliphatic heterocycles. The van der Waals surface area contributed by atoms with Crippen molar-refractivity contribution in [3.8, 4) is 0 Å². The number of guanidine groups is 1. The summed E-state index contributed by atoms with van der Waals surface area (Å²) in [6.07, 6.45) is 3.02. The van der Waals surface area contributed by atoms with Crippen LogP contribution in [0.1, 0.15) is 63.1 Å². The van der Waals surface area contributed by atoms with Crippen LogP contribution in [0.4, 0.5) is 0 Å². The van der Waals surface area contributed by atoms with Crippen LogP contribution in [0.25, 0.3) is 0 Å². The van der Waals surface area contributed by atoms with E-state index in [1.54, 1.807) is 12.0 Å². The van der Waals surface area contributed by atoms with Crippen LogP contribution in [0.3, 0.4) is 0 Å². The molecule has 3 aliphatic rings. The van der Waals surface area contributed by atoms with Crippen LogP contribution in [0, 0.1) is 11.8 Å². The maximum absolute atomic E-state index is 13.2. The summed E-state index contributed by atoms with van der Waals surface area (Å²) < 4.78 is 5.30. The van der Waals surface area contributed by atoms with Crippen molar-refractivity contribution in [2.75, 3.05) is 13.7 Å². The Hall–Kier alpha value is -2.45. The van der Waals surface area contributed by atoms with Gasteiger partial charge in [0.25, 0.3) is 0 Å². The van der Waals surface area contributed by atoms with Crippen LogP contribution in [0.15, 0.2) is 29.3 Å². The van der Waals surface area contributed by atoms with Gasteiger partial charge in [-0.25, -0.2) is 4.99 Å². The number of aliphatic hydroxyl groups excluding tert-OH is 1. The van der Waals surface area contributed by atoms with Gasteiger partial charge in [-0.1, -0.05) is 38.1 Å². The summed E-state index contributed by atoms with van der Waals surface area (Å²) >= 11 is 0. The quantitative estimate of drug-likeness (QED) is 0.525. The first-order chi connectivity index (χ1) is 15.8. The van der Waals surface area contributed by atoms with Crippen LogP contribution >= 0.6 is 0 Å². The largest absolute Gasteiger partial charge is 0.390 e. The average Bonchev–Trinajstić information content (AvgIpc) is 3.54. The standard InChI is InChI=1S/C25H36N4O4/c1-4-25(5-2)14-21(31)29(24(26)28-25)19(10-11-33-3)17-13-18(17)23(32)27-22-16-9-7-6-8-15(16)12-20(22)30/h6-9,17-20,22,30H,4-5,10-14H2,1-3H3,(H2,26,28)(H,27,32)/t17-,18-,19+,20-,22+/m0/s1. The lowest BCUT2D eigenvalue weighted by Gasteiger charge is -2.40. The topological polar surface area (TPSA) is 117 Å². The summed E-state index contributed by atoms with van der Waals surface area (Å²) in [6, 6.07) is 7.19. The zero-order valence-corrected chi connectivity index (χ0v) is 19.8. The normalized spacial score (nSPS) is 28.8. The van der Waals surface area contributed by atoms with Crippen LogP contribution in [-0.2, 0) is 20.7 Å². The second-order valence-corrected chi connectivity index (χ2v) is 9.65. The van der Waals surface area contributed by atoms with Crippen molar-refractivity contribution in [2.45, 2.75) is 76.1 Å². The Morgan fingerprint density at radius 2 is 2.09 bits per heavy atom. The van der Waals surface area contributed by atoms with Gasteiger partial charge in [-0.15, -0.1) is 0 Å². The molecule has 2 aliphatic carbocycles. The van der Waals surface area contributed by atoms with Crippen molar-refractivity contribution in [3.63, 3.8) is 0 Å². The molecule has 8 nitrogen and oxygen atoms in total. The zero-order chi connectivity index (χ0) is 23.8. The number of nitrogens with two attached hydrogens (primary N) is 1. The number of nitrogens with zero attached hydrogens (tertiary/aromatic N) is 2. The smallest absolute Gasteiger partial charge is 0.231 e. The minimum atomic E-state index is -0.629. The van der Waals surface area contributed by atoms with E-state index in [1.165, 1.54) is 0 Å². The van der Waals surface area contributed by atoms with E-state index in [4.69, 9.17) is 15.5 Å². The first-order valence-corrected chi connectivity index (χ1v) is 12.1. The Kier molecular flexibility index (Phi) is 6.77. The summed E-state index contributed by atoms with van der Waals surface area (Å²) in [7, 11) is 1.63. The molecule has 1 aromatic carbocycles. The monoisotopic (exact) mass is 456 g/mol. The van der Waals surface area contributed by atoms with Gasteiger partial charge in [0.2, 0.25) is 11.8 Å². The highest BCUT2D eigenvalue weighted by atomic mass is 16.5. The molecule has 1 fully saturated rings. The second kappa shape index (κ2) is 9.43. The average molecular weight is 457 g/mol. The van der Waals surface area contributed by atoms with E-state index in [0.29, 0.717) is 32.3 Å². The number of fused-ring (bicyclic) bond motifs is 1. The Bertz CT molecular complexity index is 929. The van der Waals surface area contributed by atoms with E-state index in [2.05, 4.69) is 5.32 Å². The molecule has 4 N–H and O–H groups in total. The molecule has 0 unspecified atom stereocenters. The molecule has 0 spiro atoms. The predicted octanol–water partition coefficient (Wildman–Crippen LogP) is 1.91. The van der Waals surface area contributed by atoms with E-state index in [1.807, 2.05) is 38.1 Å². The Morgan fingerprint density at radius 1 is 1.36 bits per heavy atom. The molecule has 0 aromatic heterocycles. The van der Waals surface area contributed by atoms with E-state index in [9.17, 15) is 14.7 Å². The molecule has 0 bridgehead atoms. The Morgan fingerprint density at radius 3 is 2.76 bits per heavy atom.